The first kappa shape index (κ1) is 24.6. The second kappa shape index (κ2) is 9.07. The summed E-state index contributed by atoms with van der Waals surface area (Å²) in [4.78, 5) is 20.7. The highest BCUT2D eigenvalue weighted by atomic mass is 19.4. The number of nitrogens with zero attached hydrogens (tertiary/aromatic N) is 3. The van der Waals surface area contributed by atoms with Gasteiger partial charge in [-0.25, -0.2) is 9.37 Å². The molecule has 10 heteroatoms. The molecule has 33 heavy (non-hydrogen) atoms. The predicted octanol–water partition coefficient (Wildman–Crippen LogP) is 6.17. The Balaban J connectivity index is 1.58. The molecule has 2 heterocycles. The molecule has 6 nitrogen and oxygen atoms in total. The minimum absolute atomic E-state index is 0.0302. The second-order valence-corrected chi connectivity index (χ2v) is 9.25. The molecule has 0 bridgehead atoms. The number of ketones is 1. The largest absolute Gasteiger partial charge is 0.471 e. The molecular formula is C23H25F4N3O3. The van der Waals surface area contributed by atoms with Gasteiger partial charge < -0.3 is 8.94 Å². The Labute approximate surface area is 188 Å². The average Bonchev–Trinajstić information content (AvgIpc) is 3.41. The van der Waals surface area contributed by atoms with Crippen molar-refractivity contribution >= 4 is 5.78 Å². The zero-order valence-electron chi connectivity index (χ0n) is 18.8. The molecule has 0 aliphatic rings. The van der Waals surface area contributed by atoms with Crippen molar-refractivity contribution in [2.24, 2.45) is 5.41 Å². The number of Topliss-reactive ketones (excluding diaryl/α,β-unsaturated/α-hetero) is 1. The summed E-state index contributed by atoms with van der Waals surface area (Å²) in [6.07, 6.45) is -2.06. The fourth-order valence-electron chi connectivity index (χ4n) is 3.24. The van der Waals surface area contributed by atoms with Crippen LogP contribution in [0.25, 0.3) is 11.5 Å². The van der Waals surface area contributed by atoms with E-state index < -0.39 is 22.9 Å². The lowest BCUT2D eigenvalue weighted by Gasteiger charge is -2.26. The van der Waals surface area contributed by atoms with Gasteiger partial charge in [-0.3, -0.25) is 4.79 Å². The van der Waals surface area contributed by atoms with E-state index in [1.54, 1.807) is 26.0 Å². The lowest BCUT2D eigenvalue weighted by Crippen LogP contribution is -2.28. The molecule has 0 atom stereocenters. The number of carbonyl (C=O) groups is 1. The number of aryl methyl sites for hydroxylation is 1. The molecule has 0 unspecified atom stereocenters. The number of alkyl halides is 3. The van der Waals surface area contributed by atoms with E-state index in [4.69, 9.17) is 4.42 Å². The maximum absolute atomic E-state index is 13.1. The highest BCUT2D eigenvalue weighted by molar-refractivity contribution is 5.84. The molecule has 3 aromatic rings. The molecule has 0 radical (unpaired) electrons. The topological polar surface area (TPSA) is 82.0 Å². The van der Waals surface area contributed by atoms with Crippen LogP contribution < -0.4 is 0 Å². The summed E-state index contributed by atoms with van der Waals surface area (Å²) in [5.41, 5.74) is 0.0609. The number of carbonyl (C=O) groups excluding carboxylic acids is 1. The third-order valence-electron chi connectivity index (χ3n) is 5.70. The van der Waals surface area contributed by atoms with Crippen LogP contribution in [0, 0.1) is 11.2 Å². The SMILES string of the molecule is CC(C)(CCc1noc(C(F)(F)F)n1)C(=O)CCC(C)(C)c1coc(-c2ccc(F)cc2)n1. The van der Waals surface area contributed by atoms with Crippen LogP contribution in [0.5, 0.6) is 0 Å². The van der Waals surface area contributed by atoms with Crippen LogP contribution >= 0.6 is 0 Å². The van der Waals surface area contributed by atoms with E-state index in [0.717, 1.165) is 0 Å². The number of oxazole rings is 1. The van der Waals surface area contributed by atoms with Crippen molar-refractivity contribution in [2.75, 3.05) is 0 Å². The van der Waals surface area contributed by atoms with E-state index in [0.29, 0.717) is 23.6 Å². The summed E-state index contributed by atoms with van der Waals surface area (Å²) in [5, 5.41) is 3.35. The lowest BCUT2D eigenvalue weighted by atomic mass is 9.77. The molecule has 0 aliphatic heterocycles. The van der Waals surface area contributed by atoms with E-state index in [1.165, 1.54) is 18.4 Å². The Hall–Kier alpha value is -3.04. The molecule has 0 saturated carbocycles. The van der Waals surface area contributed by atoms with Crippen molar-refractivity contribution in [3.05, 3.63) is 53.8 Å². The van der Waals surface area contributed by atoms with Gasteiger partial charge in [-0.1, -0.05) is 32.9 Å². The normalized spacial score (nSPS) is 12.8. The summed E-state index contributed by atoms with van der Waals surface area (Å²) in [6.45, 7) is 7.38. The van der Waals surface area contributed by atoms with Crippen molar-refractivity contribution in [1.29, 1.82) is 0 Å². The summed E-state index contributed by atoms with van der Waals surface area (Å²) in [5.74, 6) is -1.50. The Bertz CT molecular complexity index is 1100. The first-order valence-corrected chi connectivity index (χ1v) is 10.4. The molecule has 1 aromatic carbocycles. The number of aromatic nitrogens is 3. The monoisotopic (exact) mass is 467 g/mol. The van der Waals surface area contributed by atoms with E-state index in [1.807, 2.05) is 13.8 Å². The average molecular weight is 467 g/mol. The Morgan fingerprint density at radius 3 is 2.27 bits per heavy atom. The van der Waals surface area contributed by atoms with Gasteiger partial charge >= 0.3 is 12.1 Å². The number of rotatable bonds is 9. The van der Waals surface area contributed by atoms with Crippen LogP contribution in [0.3, 0.4) is 0 Å². The Morgan fingerprint density at radius 1 is 1.00 bits per heavy atom. The fourth-order valence-corrected chi connectivity index (χ4v) is 3.24. The van der Waals surface area contributed by atoms with E-state index in [2.05, 4.69) is 19.6 Å². The summed E-state index contributed by atoms with van der Waals surface area (Å²) in [7, 11) is 0. The zero-order chi connectivity index (χ0) is 24.4. The van der Waals surface area contributed by atoms with Crippen LogP contribution in [0.2, 0.25) is 0 Å². The molecule has 2 aromatic heterocycles. The van der Waals surface area contributed by atoms with Crippen LogP contribution in [-0.2, 0) is 22.8 Å². The fraction of sp³-hybridized carbons (Fsp3) is 0.478. The van der Waals surface area contributed by atoms with Crippen molar-refractivity contribution < 1.29 is 31.3 Å². The third-order valence-corrected chi connectivity index (χ3v) is 5.70. The van der Waals surface area contributed by atoms with Crippen LogP contribution in [0.1, 0.15) is 64.4 Å². The summed E-state index contributed by atoms with van der Waals surface area (Å²) in [6, 6.07) is 5.80. The molecule has 0 aliphatic carbocycles. The second-order valence-electron chi connectivity index (χ2n) is 9.25. The lowest BCUT2D eigenvalue weighted by molar-refractivity contribution is -0.159. The minimum Gasteiger partial charge on any atom is -0.444 e. The number of halogens is 4. The minimum atomic E-state index is -4.69. The molecule has 0 fully saturated rings. The van der Waals surface area contributed by atoms with Gasteiger partial charge in [0.1, 0.15) is 17.9 Å². The molecule has 0 amide bonds. The van der Waals surface area contributed by atoms with Crippen LogP contribution in [0.15, 0.2) is 39.5 Å². The molecule has 178 valence electrons. The van der Waals surface area contributed by atoms with Gasteiger partial charge in [0.15, 0.2) is 5.82 Å². The first-order chi connectivity index (χ1) is 15.3. The number of hydrogen-bond acceptors (Lipinski definition) is 6. The summed E-state index contributed by atoms with van der Waals surface area (Å²) >= 11 is 0. The third kappa shape index (κ3) is 6.06. The van der Waals surface area contributed by atoms with Gasteiger partial charge in [-0.05, 0) is 37.1 Å². The standard InChI is InChI=1S/C23H25F4N3O3/c1-21(2,16-13-32-19(28-16)14-5-7-15(24)8-6-14)11-9-17(31)22(3,4)12-10-18-29-20(33-30-18)23(25,26)27/h5-8,13H,9-12H2,1-4H3. The van der Waals surface area contributed by atoms with Gasteiger partial charge in [0.2, 0.25) is 5.89 Å². The Kier molecular flexibility index (Phi) is 6.76. The smallest absolute Gasteiger partial charge is 0.444 e. The quantitative estimate of drug-likeness (QED) is 0.350. The predicted molar refractivity (Wildman–Crippen MR) is 111 cm³/mol. The maximum atomic E-state index is 13.1. The zero-order valence-corrected chi connectivity index (χ0v) is 18.8. The van der Waals surface area contributed by atoms with E-state index in [-0.39, 0.29) is 36.7 Å². The van der Waals surface area contributed by atoms with E-state index in [9.17, 15) is 22.4 Å². The van der Waals surface area contributed by atoms with Crippen molar-refractivity contribution in [1.82, 2.24) is 15.1 Å². The molecule has 0 saturated heterocycles. The van der Waals surface area contributed by atoms with Crippen molar-refractivity contribution in [3.8, 4) is 11.5 Å². The first-order valence-electron chi connectivity index (χ1n) is 10.4. The molecule has 0 spiro atoms. The van der Waals surface area contributed by atoms with Gasteiger partial charge in [-0.15, -0.1) is 0 Å². The maximum Gasteiger partial charge on any atom is 0.471 e. The van der Waals surface area contributed by atoms with Crippen molar-refractivity contribution in [2.45, 2.75) is 65.0 Å². The number of benzene rings is 1. The highest BCUT2D eigenvalue weighted by Crippen LogP contribution is 2.34. The van der Waals surface area contributed by atoms with E-state index >= 15 is 0 Å². The van der Waals surface area contributed by atoms with Gasteiger partial charge in [0, 0.05) is 29.2 Å². The molecule has 0 N–H and O–H groups in total. The molecule has 3 rings (SSSR count). The van der Waals surface area contributed by atoms with Crippen molar-refractivity contribution in [3.63, 3.8) is 0 Å². The van der Waals surface area contributed by atoms with Crippen LogP contribution in [0.4, 0.5) is 17.6 Å². The van der Waals surface area contributed by atoms with Crippen LogP contribution in [-0.4, -0.2) is 20.9 Å². The van der Waals surface area contributed by atoms with Gasteiger partial charge in [0.25, 0.3) is 0 Å². The summed E-state index contributed by atoms with van der Waals surface area (Å²) < 4.78 is 60.7. The van der Waals surface area contributed by atoms with Gasteiger partial charge in [0.05, 0.1) is 5.69 Å². The number of hydrogen-bond donors (Lipinski definition) is 0. The Morgan fingerprint density at radius 2 is 1.67 bits per heavy atom. The molecular weight excluding hydrogens is 442 g/mol. The van der Waals surface area contributed by atoms with Gasteiger partial charge in [-0.2, -0.15) is 18.2 Å². The highest BCUT2D eigenvalue weighted by Gasteiger charge is 2.39.